The number of allylic oxidation sites excluding steroid dienone is 1. The van der Waals surface area contributed by atoms with Crippen molar-refractivity contribution >= 4 is 11.8 Å². The highest BCUT2D eigenvalue weighted by Crippen LogP contribution is 2.61. The Hall–Kier alpha value is -4.71. The molecule has 0 spiro atoms. The van der Waals surface area contributed by atoms with E-state index in [0.717, 1.165) is 42.4 Å². The summed E-state index contributed by atoms with van der Waals surface area (Å²) in [6.45, 7) is 6.68. The summed E-state index contributed by atoms with van der Waals surface area (Å²) in [6, 6.07) is 21.1. The molecule has 0 radical (unpaired) electrons. The van der Waals surface area contributed by atoms with Crippen LogP contribution < -0.4 is 9.47 Å². The highest BCUT2D eigenvalue weighted by Gasteiger charge is 2.65. The Kier molecular flexibility index (Phi) is 14.2. The summed E-state index contributed by atoms with van der Waals surface area (Å²) in [5.74, 6) is -1.13. The van der Waals surface area contributed by atoms with Crippen LogP contribution in [0.2, 0.25) is 0 Å². The predicted octanol–water partition coefficient (Wildman–Crippen LogP) is 8.33. The van der Waals surface area contributed by atoms with E-state index < -0.39 is 23.8 Å². The van der Waals surface area contributed by atoms with Crippen LogP contribution in [0.1, 0.15) is 74.5 Å². The van der Waals surface area contributed by atoms with Crippen molar-refractivity contribution in [1.82, 2.24) is 4.90 Å². The van der Waals surface area contributed by atoms with Crippen LogP contribution in [0.15, 0.2) is 102 Å². The number of rotatable bonds is 19. The number of oxime groups is 1. The first kappa shape index (κ1) is 40.9. The number of hydrogen-bond acceptors (Lipinski definition) is 9. The molecule has 0 bridgehead atoms. The van der Waals surface area contributed by atoms with Gasteiger partial charge in [-0.15, -0.1) is 6.58 Å². The Balaban J connectivity index is 1.49. The first-order valence-electron chi connectivity index (χ1n) is 19.8. The third kappa shape index (κ3) is 8.96. The number of ether oxygens (including phenoxy) is 4. The van der Waals surface area contributed by atoms with Crippen LogP contribution in [-0.2, 0) is 27.5 Å². The Morgan fingerprint density at radius 1 is 1.02 bits per heavy atom. The summed E-state index contributed by atoms with van der Waals surface area (Å²) >= 11 is 0. The van der Waals surface area contributed by atoms with Crippen LogP contribution in [0.25, 0.3) is 0 Å². The molecule has 6 rings (SSSR count). The monoisotopic (exact) mass is 770 g/mol. The van der Waals surface area contributed by atoms with Gasteiger partial charge in [0.25, 0.3) is 0 Å². The summed E-state index contributed by atoms with van der Waals surface area (Å²) in [7, 11) is 1.71. The van der Waals surface area contributed by atoms with Crippen LogP contribution in [0.3, 0.4) is 0 Å². The van der Waals surface area contributed by atoms with Crippen LogP contribution in [-0.4, -0.2) is 72.2 Å². The van der Waals surface area contributed by atoms with Gasteiger partial charge in [-0.1, -0.05) is 78.7 Å². The minimum atomic E-state index is -1.40. The summed E-state index contributed by atoms with van der Waals surface area (Å²) < 4.78 is 40.8. The van der Waals surface area contributed by atoms with Gasteiger partial charge in [0.15, 0.2) is 0 Å². The average Bonchev–Trinajstić information content (AvgIpc) is 3.22. The SMILES string of the molecule is C=CCOC12Oc3ccc(OCc4ccccc4F)cc3C3C(CCCCO)C(CCCCO)C=C(C(=NOCC)CC1N(C)C(=O)OCc1ccccc1)C32. The highest BCUT2D eigenvalue weighted by atomic mass is 19.1. The maximum atomic E-state index is 14.6. The number of halogens is 1. The highest BCUT2D eigenvalue weighted by molar-refractivity contribution is 6.02. The summed E-state index contributed by atoms with van der Waals surface area (Å²) in [6.07, 6.45) is 8.26. The number of hydrogen-bond donors (Lipinski definition) is 2. The molecule has 1 heterocycles. The molecule has 56 heavy (non-hydrogen) atoms. The molecule has 0 saturated heterocycles. The number of likely N-dealkylation sites (N-methyl/N-ethyl adjacent to an activating group) is 1. The van der Waals surface area contributed by atoms with E-state index in [-0.39, 0.29) is 63.0 Å². The lowest BCUT2D eigenvalue weighted by Gasteiger charge is -2.59. The van der Waals surface area contributed by atoms with Crippen molar-refractivity contribution in [2.24, 2.45) is 22.9 Å². The second-order valence-electron chi connectivity index (χ2n) is 14.7. The van der Waals surface area contributed by atoms with E-state index in [1.807, 2.05) is 55.5 Å². The van der Waals surface area contributed by atoms with Gasteiger partial charge in [0.05, 0.1) is 18.2 Å². The van der Waals surface area contributed by atoms with Crippen molar-refractivity contribution < 1.29 is 43.2 Å². The van der Waals surface area contributed by atoms with Crippen molar-refractivity contribution in [3.8, 4) is 11.5 Å². The first-order chi connectivity index (χ1) is 27.3. The number of aliphatic hydroxyl groups excluding tert-OH is 2. The van der Waals surface area contributed by atoms with Gasteiger partial charge in [0, 0.05) is 43.7 Å². The lowest BCUT2D eigenvalue weighted by molar-refractivity contribution is -0.253. The molecule has 300 valence electrons. The Morgan fingerprint density at radius 2 is 1.77 bits per heavy atom. The third-order valence-corrected chi connectivity index (χ3v) is 11.3. The fourth-order valence-corrected chi connectivity index (χ4v) is 8.68. The van der Waals surface area contributed by atoms with Gasteiger partial charge in [-0.2, -0.15) is 0 Å². The van der Waals surface area contributed by atoms with E-state index in [0.29, 0.717) is 42.2 Å². The molecule has 1 fully saturated rings. The van der Waals surface area contributed by atoms with Gasteiger partial charge >= 0.3 is 6.09 Å². The molecule has 1 aliphatic heterocycles. The van der Waals surface area contributed by atoms with E-state index in [2.05, 4.69) is 12.7 Å². The molecule has 2 N–H and O–H groups in total. The number of fused-ring (bicyclic) bond motifs is 2. The second kappa shape index (κ2) is 19.4. The van der Waals surface area contributed by atoms with E-state index in [1.165, 1.54) is 6.07 Å². The minimum absolute atomic E-state index is 0.0464. The molecule has 3 aliphatic rings. The Labute approximate surface area is 329 Å². The van der Waals surface area contributed by atoms with E-state index in [1.54, 1.807) is 36.2 Å². The van der Waals surface area contributed by atoms with Crippen LogP contribution in [0.5, 0.6) is 11.5 Å². The Morgan fingerprint density at radius 3 is 2.50 bits per heavy atom. The molecular formula is C45H55FN2O8. The number of amides is 1. The van der Waals surface area contributed by atoms with Crippen molar-refractivity contribution in [1.29, 1.82) is 0 Å². The Bertz CT molecular complexity index is 1840. The van der Waals surface area contributed by atoms with Crippen LogP contribution in [0, 0.1) is 23.6 Å². The van der Waals surface area contributed by atoms with Gasteiger partial charge in [-0.25, -0.2) is 9.18 Å². The van der Waals surface area contributed by atoms with Gasteiger partial charge in [-0.3, -0.25) is 0 Å². The van der Waals surface area contributed by atoms with E-state index in [9.17, 15) is 19.4 Å². The molecule has 3 aromatic rings. The number of carbonyl (C=O) groups is 1. The van der Waals surface area contributed by atoms with Gasteiger partial charge in [0.1, 0.15) is 43.2 Å². The zero-order valence-corrected chi connectivity index (χ0v) is 32.5. The summed E-state index contributed by atoms with van der Waals surface area (Å²) in [5.41, 5.74) is 3.86. The maximum Gasteiger partial charge on any atom is 0.410 e. The molecule has 11 heteroatoms. The fraction of sp³-hybridized carbons (Fsp3) is 0.467. The average molecular weight is 771 g/mol. The first-order valence-corrected chi connectivity index (χ1v) is 19.8. The largest absolute Gasteiger partial charge is 0.489 e. The zero-order chi connectivity index (χ0) is 39.5. The molecule has 6 atom stereocenters. The van der Waals surface area contributed by atoms with Gasteiger partial charge in [0.2, 0.25) is 5.79 Å². The molecular weight excluding hydrogens is 715 g/mol. The molecule has 6 unspecified atom stereocenters. The molecule has 2 aliphatic carbocycles. The van der Waals surface area contributed by atoms with Crippen molar-refractivity contribution in [2.45, 2.75) is 82.8 Å². The number of aliphatic hydroxyl groups is 2. The molecule has 0 aromatic heterocycles. The van der Waals surface area contributed by atoms with Crippen LogP contribution in [0.4, 0.5) is 9.18 Å². The van der Waals surface area contributed by atoms with Crippen molar-refractivity contribution in [3.63, 3.8) is 0 Å². The van der Waals surface area contributed by atoms with E-state index >= 15 is 0 Å². The van der Waals surface area contributed by atoms with Crippen molar-refractivity contribution in [3.05, 3.63) is 120 Å². The number of nitrogens with zero attached hydrogens (tertiary/aromatic N) is 2. The smallest absolute Gasteiger partial charge is 0.410 e. The van der Waals surface area contributed by atoms with Crippen LogP contribution >= 0.6 is 0 Å². The maximum absolute atomic E-state index is 14.6. The van der Waals surface area contributed by atoms with Gasteiger partial charge < -0.3 is 38.9 Å². The molecule has 3 aromatic carbocycles. The topological polar surface area (TPSA) is 119 Å². The fourth-order valence-electron chi connectivity index (χ4n) is 8.68. The lowest BCUT2D eigenvalue weighted by atomic mass is 9.55. The van der Waals surface area contributed by atoms with Crippen molar-refractivity contribution in [2.75, 3.05) is 33.5 Å². The number of unbranched alkanes of at least 4 members (excludes halogenated alkanes) is 2. The number of benzene rings is 3. The molecule has 1 saturated carbocycles. The summed E-state index contributed by atoms with van der Waals surface area (Å²) in [5, 5.41) is 24.3. The second-order valence-corrected chi connectivity index (χ2v) is 14.7. The number of carbonyl (C=O) groups excluding carboxylic acids is 1. The standard InChI is InChI=1S/C45H55FN2O8/c1-4-25-54-45-41(48(3)44(51)53-29-31-15-7-6-8-16-31)28-39(47-55-5-2)36-26-32(17-11-13-23-49)35(19-12-14-24-50)42(43(36)45)37-27-34(21-22-40(37)56-45)52-30-33-18-9-10-20-38(33)46/h4,6-10,15-16,18,20-22,26-27,32,35,41-43,49-50H,1,5,11-14,17,19,23-25,28-30H2,2-3H3. The molecule has 10 nitrogen and oxygen atoms in total. The van der Waals surface area contributed by atoms with Gasteiger partial charge in [-0.05, 0) is 79.8 Å². The molecule has 1 amide bonds. The quantitative estimate of drug-likeness (QED) is 0.0710. The normalized spacial score (nSPS) is 24.3. The lowest BCUT2D eigenvalue weighted by Crippen LogP contribution is -2.69. The minimum Gasteiger partial charge on any atom is -0.489 e. The third-order valence-electron chi connectivity index (χ3n) is 11.3. The van der Waals surface area contributed by atoms with E-state index in [4.69, 9.17) is 28.9 Å². The summed E-state index contributed by atoms with van der Waals surface area (Å²) in [4.78, 5) is 21.3. The predicted molar refractivity (Wildman–Crippen MR) is 212 cm³/mol. The zero-order valence-electron chi connectivity index (χ0n) is 32.5.